The van der Waals surface area contributed by atoms with E-state index in [9.17, 15) is 3.89 Å². The summed E-state index contributed by atoms with van der Waals surface area (Å²) < 4.78 is 34.1. The molecule has 0 saturated heterocycles. The van der Waals surface area contributed by atoms with Gasteiger partial charge in [0.15, 0.2) is 0 Å². The highest BCUT2D eigenvalue weighted by Gasteiger charge is 1.89. The SMILES string of the molecule is CCCCCCCC.O=S(=O)(O)F. The van der Waals surface area contributed by atoms with Gasteiger partial charge in [-0.05, 0) is 0 Å². The summed E-state index contributed by atoms with van der Waals surface area (Å²) in [6.07, 6.45) is 8.49. The first-order valence-electron chi connectivity index (χ1n) is 4.58. The molecule has 3 nitrogen and oxygen atoms in total. The number of rotatable bonds is 5. The zero-order valence-corrected chi connectivity index (χ0v) is 9.11. The normalized spacial score (nSPS) is 10.5. The van der Waals surface area contributed by atoms with E-state index >= 15 is 0 Å². The van der Waals surface area contributed by atoms with E-state index in [-0.39, 0.29) is 0 Å². The summed E-state index contributed by atoms with van der Waals surface area (Å²) in [5.74, 6) is 0. The van der Waals surface area contributed by atoms with Gasteiger partial charge in [0.25, 0.3) is 0 Å². The van der Waals surface area contributed by atoms with Gasteiger partial charge in [-0.25, -0.2) is 0 Å². The van der Waals surface area contributed by atoms with Crippen LogP contribution in [0.25, 0.3) is 0 Å². The Balaban J connectivity index is 0. The van der Waals surface area contributed by atoms with E-state index in [0.29, 0.717) is 0 Å². The van der Waals surface area contributed by atoms with E-state index < -0.39 is 10.5 Å². The maximum atomic E-state index is 10.2. The molecule has 0 radical (unpaired) electrons. The van der Waals surface area contributed by atoms with Gasteiger partial charge >= 0.3 is 10.5 Å². The predicted molar refractivity (Wildman–Crippen MR) is 51.7 cm³/mol. The second kappa shape index (κ2) is 9.92. The Hall–Kier alpha value is -0.160. The van der Waals surface area contributed by atoms with Gasteiger partial charge in [0.05, 0.1) is 0 Å². The van der Waals surface area contributed by atoms with Crippen molar-refractivity contribution < 1.29 is 16.9 Å². The minimum absolute atomic E-state index is 1.36. The molecule has 1 N–H and O–H groups in total. The molecule has 0 aliphatic heterocycles. The van der Waals surface area contributed by atoms with Gasteiger partial charge in [0, 0.05) is 0 Å². The third-order valence-electron chi connectivity index (χ3n) is 1.46. The van der Waals surface area contributed by atoms with Gasteiger partial charge in [-0.2, -0.15) is 8.42 Å². The lowest BCUT2D eigenvalue weighted by atomic mass is 10.1. The van der Waals surface area contributed by atoms with Gasteiger partial charge in [0.2, 0.25) is 0 Å². The summed E-state index contributed by atoms with van der Waals surface area (Å²) in [6, 6.07) is 0. The fraction of sp³-hybridized carbons (Fsp3) is 1.00. The first kappa shape index (κ1) is 15.3. The van der Waals surface area contributed by atoms with Crippen molar-refractivity contribution in [2.24, 2.45) is 0 Å². The Kier molecular flexibility index (Phi) is 11.7. The maximum absolute atomic E-state index is 10.2. The molecule has 0 amide bonds. The summed E-state index contributed by atoms with van der Waals surface area (Å²) in [6.45, 7) is 4.51. The van der Waals surface area contributed by atoms with Crippen LogP contribution in [-0.4, -0.2) is 13.0 Å². The molecule has 82 valence electrons. The number of halogens is 1. The second-order valence-corrected chi connectivity index (χ2v) is 3.65. The minimum Gasteiger partial charge on any atom is -0.260 e. The molecule has 0 aromatic carbocycles. The summed E-state index contributed by atoms with van der Waals surface area (Å²) in [5.41, 5.74) is 0. The molecule has 0 aromatic rings. The Bertz CT molecular complexity index is 164. The Morgan fingerprint density at radius 1 is 1.00 bits per heavy atom. The van der Waals surface area contributed by atoms with Crippen LogP contribution in [0.1, 0.15) is 52.4 Å². The molecule has 0 aromatic heterocycles. The van der Waals surface area contributed by atoms with Gasteiger partial charge in [-0.3, -0.25) is 4.55 Å². The summed E-state index contributed by atoms with van der Waals surface area (Å²) in [4.78, 5) is 0. The van der Waals surface area contributed by atoms with Crippen molar-refractivity contribution in [3.63, 3.8) is 0 Å². The third kappa shape index (κ3) is 48.9. The highest BCUT2D eigenvalue weighted by molar-refractivity contribution is 7.80. The number of hydrogen-bond donors (Lipinski definition) is 1. The van der Waals surface area contributed by atoms with Crippen molar-refractivity contribution in [3.8, 4) is 0 Å². The molecule has 0 unspecified atom stereocenters. The van der Waals surface area contributed by atoms with Crippen molar-refractivity contribution in [1.82, 2.24) is 0 Å². The van der Waals surface area contributed by atoms with Crippen molar-refractivity contribution in [2.75, 3.05) is 0 Å². The van der Waals surface area contributed by atoms with Gasteiger partial charge in [-0.1, -0.05) is 56.3 Å². The van der Waals surface area contributed by atoms with Crippen molar-refractivity contribution >= 4 is 10.5 Å². The fourth-order valence-electron chi connectivity index (χ4n) is 0.854. The lowest BCUT2D eigenvalue weighted by Gasteiger charge is -1.93. The molecule has 13 heavy (non-hydrogen) atoms. The molecule has 0 atom stereocenters. The molecule has 0 aliphatic rings. The zero-order valence-electron chi connectivity index (χ0n) is 8.29. The predicted octanol–water partition coefficient (Wildman–Crippen LogP) is 3.13. The maximum Gasteiger partial charge on any atom is 0.435 e. The van der Waals surface area contributed by atoms with E-state index in [1.807, 2.05) is 0 Å². The fourth-order valence-corrected chi connectivity index (χ4v) is 0.854. The van der Waals surface area contributed by atoms with E-state index in [1.54, 1.807) is 0 Å². The van der Waals surface area contributed by atoms with Crippen molar-refractivity contribution in [2.45, 2.75) is 52.4 Å². The topological polar surface area (TPSA) is 54.4 Å². The Morgan fingerprint density at radius 3 is 1.38 bits per heavy atom. The molecule has 0 saturated carbocycles. The first-order valence-corrected chi connectivity index (χ1v) is 5.92. The molecule has 0 bridgehead atoms. The summed E-state index contributed by atoms with van der Waals surface area (Å²) in [7, 11) is -5.17. The van der Waals surface area contributed by atoms with Crippen LogP contribution >= 0.6 is 0 Å². The largest absolute Gasteiger partial charge is 0.435 e. The lowest BCUT2D eigenvalue weighted by molar-refractivity contribution is 0.435. The highest BCUT2D eigenvalue weighted by atomic mass is 32.3. The van der Waals surface area contributed by atoms with Crippen LogP contribution in [0.3, 0.4) is 0 Å². The smallest absolute Gasteiger partial charge is 0.260 e. The third-order valence-corrected chi connectivity index (χ3v) is 1.46. The average Bonchev–Trinajstić information content (AvgIpc) is 1.95. The van der Waals surface area contributed by atoms with E-state index in [1.165, 1.54) is 38.5 Å². The molecule has 0 rings (SSSR count). The minimum atomic E-state index is -5.17. The zero-order chi connectivity index (χ0) is 10.7. The Morgan fingerprint density at radius 2 is 1.23 bits per heavy atom. The van der Waals surface area contributed by atoms with Crippen LogP contribution < -0.4 is 0 Å². The van der Waals surface area contributed by atoms with Crippen LogP contribution in [0.4, 0.5) is 3.89 Å². The molecule has 0 spiro atoms. The van der Waals surface area contributed by atoms with E-state index in [2.05, 4.69) is 13.8 Å². The Labute approximate surface area is 80.4 Å². The standard InChI is InChI=1S/C8H18.FHO3S/c1-3-5-7-8-6-4-2;1-5(2,3)4/h3-8H2,1-2H3;(H,2,3,4). The number of hydrogen-bond acceptors (Lipinski definition) is 2. The summed E-state index contributed by atoms with van der Waals surface area (Å²) in [5, 5.41) is 0. The van der Waals surface area contributed by atoms with Crippen molar-refractivity contribution in [3.05, 3.63) is 0 Å². The average molecular weight is 214 g/mol. The van der Waals surface area contributed by atoms with Crippen LogP contribution in [0.2, 0.25) is 0 Å². The molecule has 0 heterocycles. The van der Waals surface area contributed by atoms with E-state index in [4.69, 9.17) is 13.0 Å². The number of unbranched alkanes of at least 4 members (excludes halogenated alkanes) is 5. The van der Waals surface area contributed by atoms with E-state index in [0.717, 1.165) is 0 Å². The van der Waals surface area contributed by atoms with Crippen LogP contribution in [0.15, 0.2) is 0 Å². The molecular formula is C8H19FO3S. The highest BCUT2D eigenvalue weighted by Crippen LogP contribution is 2.03. The summed E-state index contributed by atoms with van der Waals surface area (Å²) >= 11 is 0. The van der Waals surface area contributed by atoms with Crippen LogP contribution in [0.5, 0.6) is 0 Å². The lowest BCUT2D eigenvalue weighted by Crippen LogP contribution is -1.80. The molecule has 5 heteroatoms. The monoisotopic (exact) mass is 214 g/mol. The van der Waals surface area contributed by atoms with Gasteiger partial charge < -0.3 is 0 Å². The first-order chi connectivity index (χ1) is 5.91. The van der Waals surface area contributed by atoms with Crippen LogP contribution in [-0.2, 0) is 10.5 Å². The van der Waals surface area contributed by atoms with Crippen molar-refractivity contribution in [1.29, 1.82) is 0 Å². The molecular weight excluding hydrogens is 195 g/mol. The quantitative estimate of drug-likeness (QED) is 0.434. The molecule has 0 aliphatic carbocycles. The van der Waals surface area contributed by atoms with Gasteiger partial charge in [0.1, 0.15) is 0 Å². The molecule has 0 fully saturated rings. The van der Waals surface area contributed by atoms with Gasteiger partial charge in [-0.15, -0.1) is 0 Å². The van der Waals surface area contributed by atoms with Crippen LogP contribution in [0, 0.1) is 0 Å². The second-order valence-electron chi connectivity index (χ2n) is 2.83.